The Morgan fingerprint density at radius 1 is 1.12 bits per heavy atom. The van der Waals surface area contributed by atoms with Crippen molar-refractivity contribution in [1.82, 2.24) is 9.97 Å². The summed E-state index contributed by atoms with van der Waals surface area (Å²) < 4.78 is 5.50. The number of allylic oxidation sites excluding steroid dienone is 2. The zero-order valence-electron chi connectivity index (χ0n) is 15.1. The fourth-order valence-electron chi connectivity index (χ4n) is 3.07. The van der Waals surface area contributed by atoms with E-state index in [4.69, 9.17) is 9.73 Å². The van der Waals surface area contributed by atoms with Gasteiger partial charge >= 0.3 is 0 Å². The number of nitrogens with one attached hydrogen (secondary N) is 2. The van der Waals surface area contributed by atoms with E-state index in [9.17, 15) is 0 Å². The van der Waals surface area contributed by atoms with Crippen LogP contribution in [0.1, 0.15) is 51.1 Å². The second-order valence-electron chi connectivity index (χ2n) is 6.42. The van der Waals surface area contributed by atoms with Crippen molar-refractivity contribution in [3.63, 3.8) is 0 Å². The Bertz CT molecular complexity index is 763. The zero-order valence-corrected chi connectivity index (χ0v) is 15.1. The van der Waals surface area contributed by atoms with Crippen LogP contribution in [0.25, 0.3) is 17.5 Å². The highest BCUT2D eigenvalue weighted by atomic mass is 16.5. The summed E-state index contributed by atoms with van der Waals surface area (Å²) in [5.41, 5.74) is 5.15. The van der Waals surface area contributed by atoms with E-state index in [1.807, 2.05) is 30.5 Å². The summed E-state index contributed by atoms with van der Waals surface area (Å²) in [4.78, 5) is 11.3. The van der Waals surface area contributed by atoms with Crippen LogP contribution in [0.2, 0.25) is 0 Å². The molecule has 2 N–H and O–H groups in total. The molecule has 0 atom stereocenters. The molecule has 0 amide bonds. The molecule has 25 heavy (non-hydrogen) atoms. The van der Waals surface area contributed by atoms with Crippen molar-refractivity contribution in [2.45, 2.75) is 45.4 Å². The fraction of sp³-hybridized carbons (Fsp3) is 0.381. The first-order valence-corrected chi connectivity index (χ1v) is 9.18. The number of unbranched alkanes of at least 4 members (excludes halogenated alkanes) is 4. The summed E-state index contributed by atoms with van der Waals surface area (Å²) in [6.45, 7) is 2.25. The van der Waals surface area contributed by atoms with Crippen LogP contribution >= 0.6 is 0 Å². The summed E-state index contributed by atoms with van der Waals surface area (Å²) in [6, 6.07) is 6.03. The lowest BCUT2D eigenvalue weighted by molar-refractivity contribution is 0.414. The topological polar surface area (TPSA) is 53.2 Å². The van der Waals surface area contributed by atoms with Gasteiger partial charge in [-0.15, -0.1) is 0 Å². The number of hydrogen-bond donors (Lipinski definition) is 2. The number of H-pyrrole nitrogens is 2. The van der Waals surface area contributed by atoms with E-state index in [2.05, 4.69) is 29.0 Å². The van der Waals surface area contributed by atoms with Gasteiger partial charge in [0, 0.05) is 18.0 Å². The SMILES string of the molecule is CCCCCCCC1=N/C(=C/c2[nH]c(-c3ccc[nH]3)cc2OC)C=C1. The third-order valence-corrected chi connectivity index (χ3v) is 4.47. The smallest absolute Gasteiger partial charge is 0.144 e. The van der Waals surface area contributed by atoms with Crippen molar-refractivity contribution in [3.05, 3.63) is 47.9 Å². The van der Waals surface area contributed by atoms with Crippen molar-refractivity contribution in [2.24, 2.45) is 4.99 Å². The van der Waals surface area contributed by atoms with Crippen LogP contribution in [-0.2, 0) is 0 Å². The average Bonchev–Trinajstić information content (AvgIpc) is 3.35. The van der Waals surface area contributed by atoms with Gasteiger partial charge in [0.05, 0.1) is 29.9 Å². The molecule has 0 aromatic carbocycles. The van der Waals surface area contributed by atoms with E-state index in [1.54, 1.807) is 7.11 Å². The Hall–Kier alpha value is -2.49. The minimum atomic E-state index is 0.828. The summed E-state index contributed by atoms with van der Waals surface area (Å²) in [5, 5.41) is 0. The zero-order chi connectivity index (χ0) is 17.5. The molecule has 0 spiro atoms. The van der Waals surface area contributed by atoms with Crippen LogP contribution in [0.15, 0.2) is 47.2 Å². The van der Waals surface area contributed by atoms with Gasteiger partial charge in [-0.2, -0.15) is 0 Å². The van der Waals surface area contributed by atoms with Gasteiger partial charge in [0.25, 0.3) is 0 Å². The van der Waals surface area contributed by atoms with E-state index in [0.29, 0.717) is 0 Å². The van der Waals surface area contributed by atoms with Gasteiger partial charge in [0.1, 0.15) is 5.75 Å². The van der Waals surface area contributed by atoms with Gasteiger partial charge in [-0.05, 0) is 43.2 Å². The maximum absolute atomic E-state index is 5.50. The van der Waals surface area contributed by atoms with Gasteiger partial charge in [0.2, 0.25) is 0 Å². The van der Waals surface area contributed by atoms with Crippen LogP contribution in [-0.4, -0.2) is 22.8 Å². The first kappa shape index (κ1) is 17.3. The monoisotopic (exact) mass is 337 g/mol. The van der Waals surface area contributed by atoms with Crippen molar-refractivity contribution >= 4 is 11.8 Å². The van der Waals surface area contributed by atoms with E-state index in [-0.39, 0.29) is 0 Å². The molecule has 0 bridgehead atoms. The fourth-order valence-corrected chi connectivity index (χ4v) is 3.07. The summed E-state index contributed by atoms with van der Waals surface area (Å²) in [5.74, 6) is 0.828. The predicted molar refractivity (Wildman–Crippen MR) is 105 cm³/mol. The highest BCUT2D eigenvalue weighted by Crippen LogP contribution is 2.29. The maximum Gasteiger partial charge on any atom is 0.144 e. The maximum atomic E-state index is 5.50. The van der Waals surface area contributed by atoms with Gasteiger partial charge in [-0.3, -0.25) is 4.99 Å². The molecule has 1 aliphatic heterocycles. The lowest BCUT2D eigenvalue weighted by Gasteiger charge is -1.99. The quantitative estimate of drug-likeness (QED) is 0.564. The minimum Gasteiger partial charge on any atom is -0.494 e. The van der Waals surface area contributed by atoms with Crippen LogP contribution in [0.5, 0.6) is 5.75 Å². The molecule has 0 saturated carbocycles. The van der Waals surface area contributed by atoms with E-state index in [1.165, 1.54) is 37.8 Å². The summed E-state index contributed by atoms with van der Waals surface area (Å²) in [7, 11) is 1.69. The molecular formula is C21H27N3O. The first-order valence-electron chi connectivity index (χ1n) is 9.18. The van der Waals surface area contributed by atoms with Crippen molar-refractivity contribution < 1.29 is 4.74 Å². The van der Waals surface area contributed by atoms with Crippen molar-refractivity contribution in [3.8, 4) is 17.1 Å². The third kappa shape index (κ3) is 4.53. The summed E-state index contributed by atoms with van der Waals surface area (Å²) in [6.07, 6.45) is 15.7. The number of rotatable bonds is 9. The van der Waals surface area contributed by atoms with Gasteiger partial charge in [-0.1, -0.05) is 32.6 Å². The standard InChI is InChI=1S/C21H27N3O/c1-3-4-5-6-7-9-16-11-12-17(23-16)14-20-21(25-2)15-19(24-20)18-10-8-13-22-18/h8,10-15,22,24H,3-7,9H2,1-2H3/b17-14+. The molecule has 2 aromatic rings. The molecule has 3 heterocycles. The molecule has 4 heteroatoms. The molecule has 1 aliphatic rings. The molecule has 2 aromatic heterocycles. The number of aliphatic imine (C=N–C) groups is 1. The van der Waals surface area contributed by atoms with Crippen molar-refractivity contribution in [2.75, 3.05) is 7.11 Å². The lowest BCUT2D eigenvalue weighted by atomic mass is 10.1. The highest BCUT2D eigenvalue weighted by Gasteiger charge is 2.11. The van der Waals surface area contributed by atoms with E-state index < -0.39 is 0 Å². The second-order valence-corrected chi connectivity index (χ2v) is 6.42. The Morgan fingerprint density at radius 3 is 2.76 bits per heavy atom. The molecule has 0 aliphatic carbocycles. The highest BCUT2D eigenvalue weighted by molar-refractivity contribution is 5.99. The van der Waals surface area contributed by atoms with Gasteiger partial charge in [-0.25, -0.2) is 0 Å². The summed E-state index contributed by atoms with van der Waals surface area (Å²) >= 11 is 0. The molecule has 0 unspecified atom stereocenters. The molecule has 132 valence electrons. The molecule has 4 nitrogen and oxygen atoms in total. The number of aromatic nitrogens is 2. The molecular weight excluding hydrogens is 310 g/mol. The Morgan fingerprint density at radius 2 is 2.00 bits per heavy atom. The number of aromatic amines is 2. The number of ether oxygens (including phenoxy) is 1. The van der Waals surface area contributed by atoms with Crippen LogP contribution in [0.4, 0.5) is 0 Å². The number of nitrogens with zero attached hydrogens (tertiary/aromatic N) is 1. The molecule has 0 radical (unpaired) electrons. The van der Waals surface area contributed by atoms with Crippen molar-refractivity contribution in [1.29, 1.82) is 0 Å². The first-order chi connectivity index (χ1) is 12.3. The number of methoxy groups -OCH3 is 1. The van der Waals surface area contributed by atoms with Crippen LogP contribution in [0, 0.1) is 0 Å². The Balaban J connectivity index is 1.66. The van der Waals surface area contributed by atoms with E-state index >= 15 is 0 Å². The minimum absolute atomic E-state index is 0.828. The Labute approximate surface area is 149 Å². The van der Waals surface area contributed by atoms with Crippen LogP contribution in [0.3, 0.4) is 0 Å². The van der Waals surface area contributed by atoms with Gasteiger partial charge in [0.15, 0.2) is 0 Å². The largest absolute Gasteiger partial charge is 0.494 e. The average molecular weight is 337 g/mol. The number of hydrogen-bond acceptors (Lipinski definition) is 2. The third-order valence-electron chi connectivity index (χ3n) is 4.47. The molecule has 0 saturated heterocycles. The Kier molecular flexibility index (Phi) is 5.94. The van der Waals surface area contributed by atoms with E-state index in [0.717, 1.165) is 34.9 Å². The lowest BCUT2D eigenvalue weighted by Crippen LogP contribution is -1.90. The predicted octanol–water partition coefficient (Wildman–Crippen LogP) is 5.73. The van der Waals surface area contributed by atoms with Gasteiger partial charge < -0.3 is 14.7 Å². The van der Waals surface area contributed by atoms with Crippen LogP contribution < -0.4 is 4.74 Å². The molecule has 3 rings (SSSR count). The second kappa shape index (κ2) is 8.56. The molecule has 0 fully saturated rings. The normalized spacial score (nSPS) is 15.1.